The Morgan fingerprint density at radius 3 is 2.54 bits per heavy atom. The highest BCUT2D eigenvalue weighted by atomic mass is 19.1. The van der Waals surface area contributed by atoms with Gasteiger partial charge in [-0.05, 0) is 49.7 Å². The smallest absolute Gasteiger partial charge is 0.137 e. The number of halogens is 1. The van der Waals surface area contributed by atoms with Crippen LogP contribution in [0.5, 0.6) is 0 Å². The zero-order valence-corrected chi connectivity index (χ0v) is 22.2. The molecule has 200 valence electrons. The van der Waals surface area contributed by atoms with Crippen LogP contribution in [0.3, 0.4) is 0 Å². The van der Waals surface area contributed by atoms with Crippen LogP contribution in [0.2, 0.25) is 0 Å². The van der Waals surface area contributed by atoms with Crippen LogP contribution >= 0.6 is 0 Å². The van der Waals surface area contributed by atoms with Crippen molar-refractivity contribution in [3.05, 3.63) is 84.3 Å². The van der Waals surface area contributed by atoms with Crippen molar-refractivity contribution in [3.8, 4) is 22.3 Å². The van der Waals surface area contributed by atoms with E-state index >= 15 is 0 Å². The highest BCUT2D eigenvalue weighted by Crippen LogP contribution is 2.33. The maximum absolute atomic E-state index is 13.7. The van der Waals surface area contributed by atoms with Gasteiger partial charge in [-0.3, -0.25) is 9.58 Å². The Balaban J connectivity index is 1.22. The van der Waals surface area contributed by atoms with Crippen molar-refractivity contribution in [1.82, 2.24) is 29.6 Å². The number of β-amino-alcohol motifs (C(OH)–C–C–N with tert-alkyl or cyclic N) is 1. The summed E-state index contributed by atoms with van der Waals surface area (Å²) in [5.74, 6) is 0.721. The molecule has 39 heavy (non-hydrogen) atoms. The van der Waals surface area contributed by atoms with Crippen LogP contribution in [0, 0.1) is 12.7 Å². The average Bonchev–Trinajstić information content (AvgIpc) is 3.51. The molecule has 9 heteroatoms. The molecule has 1 unspecified atom stereocenters. The van der Waals surface area contributed by atoms with Gasteiger partial charge in [-0.2, -0.15) is 5.10 Å². The van der Waals surface area contributed by atoms with Gasteiger partial charge in [0.2, 0.25) is 0 Å². The maximum atomic E-state index is 13.7. The molecule has 0 radical (unpaired) electrons. The van der Waals surface area contributed by atoms with E-state index in [4.69, 9.17) is 4.98 Å². The molecule has 5 heterocycles. The summed E-state index contributed by atoms with van der Waals surface area (Å²) >= 11 is 0. The molecule has 0 bridgehead atoms. The zero-order valence-electron chi connectivity index (χ0n) is 22.2. The van der Waals surface area contributed by atoms with Crippen molar-refractivity contribution >= 4 is 16.9 Å². The topological polar surface area (TPSA) is 86.1 Å². The van der Waals surface area contributed by atoms with Gasteiger partial charge >= 0.3 is 0 Å². The largest absolute Gasteiger partial charge is 0.392 e. The van der Waals surface area contributed by atoms with E-state index in [-0.39, 0.29) is 11.9 Å². The van der Waals surface area contributed by atoms with Crippen LogP contribution in [-0.4, -0.2) is 73.6 Å². The van der Waals surface area contributed by atoms with Crippen molar-refractivity contribution < 1.29 is 9.50 Å². The molecule has 1 aliphatic rings. The summed E-state index contributed by atoms with van der Waals surface area (Å²) < 4.78 is 15.6. The average molecular weight is 526 g/mol. The van der Waals surface area contributed by atoms with Crippen LogP contribution < -0.4 is 4.90 Å². The minimum Gasteiger partial charge on any atom is -0.392 e. The minimum atomic E-state index is -0.305. The first-order valence-electron chi connectivity index (χ1n) is 13.3. The fourth-order valence-electron chi connectivity index (χ4n) is 5.34. The standard InChI is InChI=1S/C30H32FN7O/c1-20(39)18-36-8-10-37(11-9-36)29-7-6-23(14-32-29)24-13-26-28(16-34-30(26)33-15-24)27-17-35-38(21(27)2)19-22-4-3-5-25(31)12-22/h3-7,12-17,20,39H,8-11,18-19H2,1-2H3,(H,33,34). The molecule has 1 aromatic carbocycles. The van der Waals surface area contributed by atoms with Gasteiger partial charge in [0, 0.05) is 84.6 Å². The number of aromatic nitrogens is 5. The first kappa shape index (κ1) is 25.2. The van der Waals surface area contributed by atoms with Gasteiger partial charge in [-0.1, -0.05) is 12.1 Å². The molecule has 5 aromatic rings. The second kappa shape index (κ2) is 10.6. The number of aliphatic hydroxyl groups is 1. The molecule has 8 nitrogen and oxygen atoms in total. The van der Waals surface area contributed by atoms with Crippen molar-refractivity contribution in [3.63, 3.8) is 0 Å². The van der Waals surface area contributed by atoms with Crippen molar-refractivity contribution in [2.24, 2.45) is 0 Å². The Hall–Kier alpha value is -4.08. The lowest BCUT2D eigenvalue weighted by Crippen LogP contribution is -2.48. The van der Waals surface area contributed by atoms with E-state index in [1.165, 1.54) is 6.07 Å². The Bertz CT molecular complexity index is 1580. The number of hydrogen-bond acceptors (Lipinski definition) is 6. The molecule has 6 rings (SSSR count). The summed E-state index contributed by atoms with van der Waals surface area (Å²) in [6.07, 6.45) is 7.31. The third-order valence-electron chi connectivity index (χ3n) is 7.45. The van der Waals surface area contributed by atoms with Gasteiger partial charge in [-0.15, -0.1) is 0 Å². The van der Waals surface area contributed by atoms with E-state index in [2.05, 4.69) is 43.1 Å². The van der Waals surface area contributed by atoms with Crippen LogP contribution in [0.4, 0.5) is 10.2 Å². The lowest BCUT2D eigenvalue weighted by Gasteiger charge is -2.35. The Morgan fingerprint density at radius 2 is 1.79 bits per heavy atom. The summed E-state index contributed by atoms with van der Waals surface area (Å²) in [6, 6.07) is 12.9. The summed E-state index contributed by atoms with van der Waals surface area (Å²) in [5.41, 5.74) is 6.73. The lowest BCUT2D eigenvalue weighted by atomic mass is 10.0. The third kappa shape index (κ3) is 5.28. The van der Waals surface area contributed by atoms with Crippen molar-refractivity contribution in [1.29, 1.82) is 0 Å². The van der Waals surface area contributed by atoms with Gasteiger partial charge in [0.1, 0.15) is 17.3 Å². The van der Waals surface area contributed by atoms with Gasteiger partial charge in [0.15, 0.2) is 0 Å². The quantitative estimate of drug-likeness (QED) is 0.326. The van der Waals surface area contributed by atoms with E-state index in [1.807, 2.05) is 49.4 Å². The molecule has 1 aliphatic heterocycles. The maximum Gasteiger partial charge on any atom is 0.137 e. The van der Waals surface area contributed by atoms with Gasteiger partial charge in [0.25, 0.3) is 0 Å². The lowest BCUT2D eigenvalue weighted by molar-refractivity contribution is 0.122. The van der Waals surface area contributed by atoms with Crippen molar-refractivity contribution in [2.75, 3.05) is 37.6 Å². The molecule has 1 atom stereocenters. The second-order valence-corrected chi connectivity index (χ2v) is 10.3. The molecular formula is C30H32FN7O. The Kier molecular flexibility index (Phi) is 6.85. The third-order valence-corrected chi connectivity index (χ3v) is 7.45. The molecule has 2 N–H and O–H groups in total. The molecule has 1 fully saturated rings. The van der Waals surface area contributed by atoms with Gasteiger partial charge in [-0.25, -0.2) is 14.4 Å². The number of aromatic amines is 1. The monoisotopic (exact) mass is 525 g/mol. The number of pyridine rings is 2. The summed E-state index contributed by atoms with van der Waals surface area (Å²) in [5, 5.41) is 15.2. The number of anilines is 1. The molecule has 0 amide bonds. The normalized spacial score (nSPS) is 15.2. The molecule has 0 aliphatic carbocycles. The predicted octanol–water partition coefficient (Wildman–Crippen LogP) is 4.49. The number of hydrogen-bond donors (Lipinski definition) is 2. The first-order chi connectivity index (χ1) is 18.9. The fourth-order valence-corrected chi connectivity index (χ4v) is 5.34. The van der Waals surface area contributed by atoms with Crippen molar-refractivity contribution in [2.45, 2.75) is 26.5 Å². The number of nitrogens with one attached hydrogen (secondary N) is 1. The summed E-state index contributed by atoms with van der Waals surface area (Å²) in [6.45, 7) is 8.71. The van der Waals surface area contributed by atoms with Crippen LogP contribution in [-0.2, 0) is 6.54 Å². The van der Waals surface area contributed by atoms with Crippen LogP contribution in [0.25, 0.3) is 33.3 Å². The number of fused-ring (bicyclic) bond motifs is 1. The zero-order chi connectivity index (χ0) is 26.9. The number of aliphatic hydroxyl groups excluding tert-OH is 1. The summed E-state index contributed by atoms with van der Waals surface area (Å²) in [4.78, 5) is 17.3. The van der Waals surface area contributed by atoms with E-state index in [0.29, 0.717) is 13.1 Å². The molecule has 0 saturated carbocycles. The Morgan fingerprint density at radius 1 is 0.974 bits per heavy atom. The number of benzene rings is 1. The van der Waals surface area contributed by atoms with E-state index in [9.17, 15) is 9.50 Å². The Labute approximate surface area is 226 Å². The van der Waals surface area contributed by atoms with Crippen LogP contribution in [0.15, 0.2) is 67.3 Å². The summed E-state index contributed by atoms with van der Waals surface area (Å²) in [7, 11) is 0. The van der Waals surface area contributed by atoms with Gasteiger partial charge in [0.05, 0.1) is 18.8 Å². The van der Waals surface area contributed by atoms with E-state index in [0.717, 1.165) is 76.5 Å². The molecule has 4 aromatic heterocycles. The highest BCUT2D eigenvalue weighted by molar-refractivity contribution is 5.96. The SMILES string of the molecule is Cc1c(-c2c[nH]c3ncc(-c4ccc(N5CCN(CC(C)O)CC5)nc4)cc23)cnn1Cc1cccc(F)c1. The highest BCUT2D eigenvalue weighted by Gasteiger charge is 2.19. The minimum absolute atomic E-state index is 0.245. The molecular weight excluding hydrogens is 493 g/mol. The predicted molar refractivity (Wildman–Crippen MR) is 151 cm³/mol. The van der Waals surface area contributed by atoms with Crippen LogP contribution in [0.1, 0.15) is 18.2 Å². The van der Waals surface area contributed by atoms with Gasteiger partial charge < -0.3 is 15.0 Å². The number of piperazine rings is 1. The second-order valence-electron chi connectivity index (χ2n) is 10.3. The van der Waals surface area contributed by atoms with E-state index < -0.39 is 0 Å². The molecule has 0 spiro atoms. The first-order valence-corrected chi connectivity index (χ1v) is 13.3. The number of nitrogens with zero attached hydrogens (tertiary/aromatic N) is 6. The number of H-pyrrole nitrogens is 1. The fraction of sp³-hybridized carbons (Fsp3) is 0.300. The number of rotatable bonds is 7. The van der Waals surface area contributed by atoms with E-state index in [1.54, 1.807) is 12.1 Å². The molecule has 1 saturated heterocycles.